The summed E-state index contributed by atoms with van der Waals surface area (Å²) in [5.74, 6) is 4.67. The van der Waals surface area contributed by atoms with Gasteiger partial charge in [0.2, 0.25) is 0 Å². The lowest BCUT2D eigenvalue weighted by atomic mass is 9.84. The summed E-state index contributed by atoms with van der Waals surface area (Å²) in [5, 5.41) is 3.64. The summed E-state index contributed by atoms with van der Waals surface area (Å²) >= 11 is 13.6. The first kappa shape index (κ1) is 29.0. The number of thiophene rings is 1. The summed E-state index contributed by atoms with van der Waals surface area (Å²) in [5.41, 5.74) is -1.58. The Bertz CT molecular complexity index is 1250. The number of rotatable bonds is 7. The molecule has 1 amide bonds. The van der Waals surface area contributed by atoms with Crippen LogP contribution in [0.3, 0.4) is 0 Å². The topological polar surface area (TPSA) is 84.9 Å². The third-order valence-electron chi connectivity index (χ3n) is 5.77. The lowest BCUT2D eigenvalue weighted by Crippen LogP contribution is -2.60. The largest absolute Gasteiger partial charge is 0.465 e. The van der Waals surface area contributed by atoms with Crippen LogP contribution in [-0.2, 0) is 14.3 Å². The fraction of sp³-hybridized carbons (Fsp3) is 0.444. The summed E-state index contributed by atoms with van der Waals surface area (Å²) in [4.78, 5) is 43.3. The van der Waals surface area contributed by atoms with E-state index < -0.39 is 23.2 Å². The maximum Gasteiger partial charge on any atom is 0.350 e. The van der Waals surface area contributed by atoms with Crippen LogP contribution in [0.25, 0.3) is 0 Å². The van der Waals surface area contributed by atoms with Gasteiger partial charge in [-0.05, 0) is 51.5 Å². The van der Waals surface area contributed by atoms with E-state index in [4.69, 9.17) is 32.7 Å². The molecule has 3 rings (SSSR count). The van der Waals surface area contributed by atoms with Gasteiger partial charge >= 0.3 is 5.97 Å². The van der Waals surface area contributed by atoms with Gasteiger partial charge in [0.1, 0.15) is 4.88 Å². The van der Waals surface area contributed by atoms with Gasteiger partial charge in [0.25, 0.3) is 5.91 Å². The molecule has 10 heteroatoms. The molecule has 2 aromatic rings. The number of hydrogen-bond acceptors (Lipinski definition) is 7. The highest BCUT2D eigenvalue weighted by Crippen LogP contribution is 2.35. The highest BCUT2D eigenvalue weighted by atomic mass is 35.5. The van der Waals surface area contributed by atoms with Crippen LogP contribution < -0.4 is 5.32 Å². The van der Waals surface area contributed by atoms with Crippen molar-refractivity contribution in [1.29, 1.82) is 0 Å². The van der Waals surface area contributed by atoms with Crippen molar-refractivity contribution in [1.82, 2.24) is 4.90 Å². The Labute approximate surface area is 231 Å². The molecular weight excluding hydrogens is 535 g/mol. The average molecular weight is 566 g/mol. The molecule has 0 unspecified atom stereocenters. The SMILES string of the molecule is CC[C@](Nc1cc(C#CC(C)(C)C)sc1C(=O)OC)(C(=O)c1ccc(Cl)cc1Cl)C(=O)N1CCOCC1. The number of ether oxygens (including phenoxy) is 2. The number of carbonyl (C=O) groups excluding carboxylic acids is 3. The normalized spacial score (nSPS) is 15.3. The van der Waals surface area contributed by atoms with Gasteiger partial charge in [0, 0.05) is 29.1 Å². The molecule has 0 saturated carbocycles. The minimum atomic E-state index is -1.76. The zero-order valence-electron chi connectivity index (χ0n) is 21.5. The first-order chi connectivity index (χ1) is 17.4. The van der Waals surface area contributed by atoms with Crippen LogP contribution in [0, 0.1) is 17.3 Å². The fourth-order valence-corrected chi connectivity index (χ4v) is 5.20. The molecule has 1 aliphatic heterocycles. The van der Waals surface area contributed by atoms with Crippen molar-refractivity contribution < 1.29 is 23.9 Å². The highest BCUT2D eigenvalue weighted by molar-refractivity contribution is 7.15. The van der Waals surface area contributed by atoms with Crippen molar-refractivity contribution in [2.24, 2.45) is 5.41 Å². The number of morpholine rings is 1. The van der Waals surface area contributed by atoms with Gasteiger partial charge in [0.15, 0.2) is 11.3 Å². The molecule has 0 spiro atoms. The molecule has 1 N–H and O–H groups in total. The molecule has 1 aromatic carbocycles. The molecule has 0 aliphatic carbocycles. The summed E-state index contributed by atoms with van der Waals surface area (Å²) in [7, 11) is 1.27. The van der Waals surface area contributed by atoms with E-state index in [1.807, 2.05) is 20.8 Å². The van der Waals surface area contributed by atoms with Crippen molar-refractivity contribution in [2.45, 2.75) is 39.7 Å². The molecule has 37 heavy (non-hydrogen) atoms. The smallest absolute Gasteiger partial charge is 0.350 e. The van der Waals surface area contributed by atoms with Gasteiger partial charge in [-0.2, -0.15) is 0 Å². The molecule has 1 atom stereocenters. The van der Waals surface area contributed by atoms with E-state index in [1.54, 1.807) is 24.0 Å². The summed E-state index contributed by atoms with van der Waals surface area (Å²) in [6.07, 6.45) is 0.0838. The number of nitrogens with zero attached hydrogens (tertiary/aromatic N) is 1. The second-order valence-corrected chi connectivity index (χ2v) is 11.5. The molecule has 1 saturated heterocycles. The lowest BCUT2D eigenvalue weighted by Gasteiger charge is -2.38. The van der Waals surface area contributed by atoms with Crippen LogP contribution in [0.15, 0.2) is 24.3 Å². The first-order valence-corrected chi connectivity index (χ1v) is 13.4. The van der Waals surface area contributed by atoms with E-state index in [0.717, 1.165) is 11.3 Å². The van der Waals surface area contributed by atoms with Crippen molar-refractivity contribution >= 4 is 57.9 Å². The Morgan fingerprint density at radius 1 is 1.16 bits per heavy atom. The van der Waals surface area contributed by atoms with Gasteiger partial charge in [-0.1, -0.05) is 42.0 Å². The number of ketones is 1. The first-order valence-electron chi connectivity index (χ1n) is 11.8. The predicted molar refractivity (Wildman–Crippen MR) is 147 cm³/mol. The van der Waals surface area contributed by atoms with Crippen LogP contribution in [0.1, 0.15) is 59.0 Å². The van der Waals surface area contributed by atoms with Crippen LogP contribution in [-0.4, -0.2) is 61.5 Å². The number of esters is 1. The van der Waals surface area contributed by atoms with Crippen LogP contribution in [0.4, 0.5) is 5.69 Å². The van der Waals surface area contributed by atoms with E-state index in [2.05, 4.69) is 17.2 Å². The Morgan fingerprint density at radius 2 is 1.84 bits per heavy atom. The number of halogens is 2. The Balaban J connectivity index is 2.17. The molecule has 1 aliphatic rings. The van der Waals surface area contributed by atoms with Crippen LogP contribution in [0.5, 0.6) is 0 Å². The van der Waals surface area contributed by atoms with E-state index in [9.17, 15) is 14.4 Å². The Kier molecular flexibility index (Phi) is 9.30. The van der Waals surface area contributed by atoms with E-state index in [0.29, 0.717) is 36.2 Å². The molecule has 7 nitrogen and oxygen atoms in total. The standard InChI is InChI=1S/C27H30Cl2N2O5S/c1-6-27(25(34)31-11-13-36-14-12-31,23(32)19-8-7-17(28)15-20(19)29)30-21-16-18(9-10-26(2,3)4)37-22(21)24(33)35-5/h7-8,15-16,30H,6,11-14H2,1-5H3/t27-/m0/s1. The lowest BCUT2D eigenvalue weighted by molar-refractivity contribution is -0.138. The third-order valence-corrected chi connectivity index (χ3v) is 7.35. The average Bonchev–Trinajstić information content (AvgIpc) is 3.27. The fourth-order valence-electron chi connectivity index (χ4n) is 3.82. The predicted octanol–water partition coefficient (Wildman–Crippen LogP) is 5.54. The van der Waals surface area contributed by atoms with Crippen molar-refractivity contribution in [2.75, 3.05) is 38.7 Å². The van der Waals surface area contributed by atoms with E-state index in [-0.39, 0.29) is 33.0 Å². The zero-order valence-corrected chi connectivity index (χ0v) is 23.8. The number of amides is 1. The van der Waals surface area contributed by atoms with E-state index in [1.165, 1.54) is 19.2 Å². The van der Waals surface area contributed by atoms with Gasteiger partial charge in [-0.3, -0.25) is 9.59 Å². The number of Topliss-reactive ketones (excluding diaryl/α,β-unsaturated/α-hetero) is 1. The van der Waals surface area contributed by atoms with Gasteiger partial charge in [-0.15, -0.1) is 11.3 Å². The molecule has 1 aromatic heterocycles. The number of nitrogens with one attached hydrogen (secondary N) is 1. The van der Waals surface area contributed by atoms with Crippen molar-refractivity contribution in [3.05, 3.63) is 49.6 Å². The Hall–Kier alpha value is -2.57. The number of hydrogen-bond donors (Lipinski definition) is 1. The molecule has 2 heterocycles. The molecule has 198 valence electrons. The van der Waals surface area contributed by atoms with Crippen molar-refractivity contribution in [3.8, 4) is 11.8 Å². The maximum absolute atomic E-state index is 14.1. The number of carbonyl (C=O) groups is 3. The zero-order chi connectivity index (χ0) is 27.4. The summed E-state index contributed by atoms with van der Waals surface area (Å²) in [6, 6.07) is 6.18. The van der Waals surface area contributed by atoms with Gasteiger partial charge in [-0.25, -0.2) is 4.79 Å². The molecule has 0 radical (unpaired) electrons. The quantitative estimate of drug-likeness (QED) is 0.205. The van der Waals surface area contributed by atoms with Crippen molar-refractivity contribution in [3.63, 3.8) is 0 Å². The van der Waals surface area contributed by atoms with Gasteiger partial charge in [0.05, 0.1) is 35.9 Å². The molecule has 0 bridgehead atoms. The second-order valence-electron chi connectivity index (χ2n) is 9.59. The van der Waals surface area contributed by atoms with Crippen LogP contribution in [0.2, 0.25) is 10.0 Å². The highest BCUT2D eigenvalue weighted by Gasteiger charge is 2.48. The minimum absolute atomic E-state index is 0.0838. The monoisotopic (exact) mass is 564 g/mol. The Morgan fingerprint density at radius 3 is 2.41 bits per heavy atom. The third kappa shape index (κ3) is 6.66. The minimum Gasteiger partial charge on any atom is -0.465 e. The maximum atomic E-state index is 14.1. The number of anilines is 1. The molecule has 1 fully saturated rings. The summed E-state index contributed by atoms with van der Waals surface area (Å²) in [6.45, 7) is 9.06. The number of benzene rings is 1. The van der Waals surface area contributed by atoms with Gasteiger partial charge < -0.3 is 19.7 Å². The second kappa shape index (κ2) is 11.9. The molecular formula is C27H30Cl2N2O5S. The van der Waals surface area contributed by atoms with Crippen LogP contribution >= 0.6 is 34.5 Å². The number of methoxy groups -OCH3 is 1. The van der Waals surface area contributed by atoms with E-state index >= 15 is 0 Å². The summed E-state index contributed by atoms with van der Waals surface area (Å²) < 4.78 is 10.4.